The van der Waals surface area contributed by atoms with E-state index in [2.05, 4.69) is 21.8 Å². The highest BCUT2D eigenvalue weighted by Gasteiger charge is 2.27. The summed E-state index contributed by atoms with van der Waals surface area (Å²) in [7, 11) is 0. The number of ether oxygens (including phenoxy) is 2. The molecule has 2 aromatic carbocycles. The fourth-order valence-electron chi connectivity index (χ4n) is 4.06. The molecule has 0 spiro atoms. The third-order valence-corrected chi connectivity index (χ3v) is 7.04. The van der Waals surface area contributed by atoms with Crippen molar-refractivity contribution in [1.29, 1.82) is 0 Å². The molecule has 1 fully saturated rings. The number of aryl methyl sites for hydroxylation is 1. The van der Waals surface area contributed by atoms with Gasteiger partial charge in [-0.25, -0.2) is 14.4 Å². The van der Waals surface area contributed by atoms with E-state index in [-0.39, 0.29) is 17.6 Å². The molecule has 32 heavy (non-hydrogen) atoms. The van der Waals surface area contributed by atoms with Crippen molar-refractivity contribution in [3.05, 3.63) is 60.2 Å². The van der Waals surface area contributed by atoms with Gasteiger partial charge in [-0.1, -0.05) is 13.0 Å². The summed E-state index contributed by atoms with van der Waals surface area (Å²) in [6, 6.07) is 12.3. The van der Waals surface area contributed by atoms with Crippen LogP contribution in [0.2, 0.25) is 0 Å². The lowest BCUT2D eigenvalue weighted by molar-refractivity contribution is 0.250. The molecule has 3 aromatic rings. The van der Waals surface area contributed by atoms with Crippen molar-refractivity contribution in [2.75, 3.05) is 30.5 Å². The van der Waals surface area contributed by atoms with Crippen molar-refractivity contribution in [2.45, 2.75) is 24.7 Å². The minimum Gasteiger partial charge on any atom is -0.609 e. The van der Waals surface area contributed by atoms with Crippen molar-refractivity contribution in [3.8, 4) is 22.6 Å². The molecule has 2 aliphatic rings. The topological polar surface area (TPSA) is 70.5 Å². The number of benzene rings is 2. The van der Waals surface area contributed by atoms with Crippen LogP contribution < -0.4 is 14.4 Å². The average Bonchev–Trinajstić information content (AvgIpc) is 3.45. The molecule has 0 radical (unpaired) electrons. The van der Waals surface area contributed by atoms with Gasteiger partial charge >= 0.3 is 0 Å². The highest BCUT2D eigenvalue weighted by molar-refractivity contribution is 7.91. The lowest BCUT2D eigenvalue weighted by Crippen LogP contribution is -2.24. The fourth-order valence-corrected chi connectivity index (χ4v) is 4.98. The Balaban J connectivity index is 1.21. The Labute approximate surface area is 189 Å². The lowest BCUT2D eigenvalue weighted by Gasteiger charge is -2.17. The van der Waals surface area contributed by atoms with E-state index in [1.807, 2.05) is 18.2 Å². The molecule has 1 saturated heterocycles. The van der Waals surface area contributed by atoms with Crippen molar-refractivity contribution < 1.29 is 18.4 Å². The molecular weight excluding hydrogens is 429 g/mol. The molecule has 0 amide bonds. The molecule has 6 nitrogen and oxygen atoms in total. The number of halogens is 1. The van der Waals surface area contributed by atoms with Crippen molar-refractivity contribution in [2.24, 2.45) is 5.92 Å². The zero-order chi connectivity index (χ0) is 22.1. The molecule has 3 heterocycles. The summed E-state index contributed by atoms with van der Waals surface area (Å²) in [6.45, 7) is 4.18. The Morgan fingerprint density at radius 3 is 2.91 bits per heavy atom. The Bertz CT molecular complexity index is 1130. The Hall–Kier alpha value is -2.84. The van der Waals surface area contributed by atoms with Gasteiger partial charge in [-0.05, 0) is 60.4 Å². The van der Waals surface area contributed by atoms with E-state index in [1.54, 1.807) is 24.4 Å². The molecule has 5 rings (SSSR count). The predicted molar refractivity (Wildman–Crippen MR) is 121 cm³/mol. The number of nitrogens with zero attached hydrogens (tertiary/aromatic N) is 3. The van der Waals surface area contributed by atoms with Crippen LogP contribution >= 0.6 is 0 Å². The number of hydrogen-bond acceptors (Lipinski definition) is 6. The number of rotatable bonds is 6. The monoisotopic (exact) mass is 453 g/mol. The van der Waals surface area contributed by atoms with E-state index < -0.39 is 17.0 Å². The second-order valence-corrected chi connectivity index (χ2v) is 9.39. The summed E-state index contributed by atoms with van der Waals surface area (Å²) >= 11 is -1.12. The van der Waals surface area contributed by atoms with Crippen LogP contribution in [0.3, 0.4) is 0 Å². The summed E-state index contributed by atoms with van der Waals surface area (Å²) in [5, 5.41) is 0. The molecule has 0 unspecified atom stereocenters. The number of aromatic nitrogens is 2. The van der Waals surface area contributed by atoms with Crippen LogP contribution in [0, 0.1) is 11.7 Å². The van der Waals surface area contributed by atoms with E-state index in [1.165, 1.54) is 6.07 Å². The first kappa shape index (κ1) is 21.0. The van der Waals surface area contributed by atoms with Gasteiger partial charge in [0, 0.05) is 42.1 Å². The molecule has 0 N–H and O–H groups in total. The Morgan fingerprint density at radius 1 is 1.22 bits per heavy atom. The van der Waals surface area contributed by atoms with E-state index in [0.29, 0.717) is 17.3 Å². The first-order valence-corrected chi connectivity index (χ1v) is 12.1. The maximum atomic E-state index is 14.7. The standard InChI is InChI=1S/C24H24FN3O3S/c1-2-19-7-9-26-24(27-19)28-10-8-16(13-28)14-30-21-5-3-17(11-20(21)25)18-4-6-23-22(12-18)31-15-32(23)29/h3-7,9,11-12,16H,2,8,10,13-15H2,1H3/t16-,32+/m0/s1. The highest BCUT2D eigenvalue weighted by atomic mass is 32.2. The normalized spacial score (nSPS) is 19.7. The number of hydrogen-bond donors (Lipinski definition) is 0. The number of anilines is 1. The minimum atomic E-state index is -1.12. The van der Waals surface area contributed by atoms with E-state index >= 15 is 0 Å². The molecule has 1 aromatic heterocycles. The molecule has 8 heteroatoms. The van der Waals surface area contributed by atoms with Crippen molar-refractivity contribution >= 4 is 17.1 Å². The molecule has 0 aliphatic carbocycles. The molecular formula is C24H24FN3O3S. The molecule has 0 bridgehead atoms. The SMILES string of the molecule is CCc1ccnc(N2CC[C@H](COc3ccc(-c4ccc5c(c4)OC[S@@+]5[O-])cc3F)C2)n1. The van der Waals surface area contributed by atoms with Crippen LogP contribution in [0.4, 0.5) is 10.3 Å². The van der Waals surface area contributed by atoms with Gasteiger partial charge in [0.05, 0.1) is 6.61 Å². The van der Waals surface area contributed by atoms with Gasteiger partial charge in [0.15, 0.2) is 22.2 Å². The van der Waals surface area contributed by atoms with Crippen LogP contribution in [0.25, 0.3) is 11.1 Å². The van der Waals surface area contributed by atoms with Gasteiger partial charge in [-0.15, -0.1) is 0 Å². The van der Waals surface area contributed by atoms with Gasteiger partial charge in [0.2, 0.25) is 5.95 Å². The van der Waals surface area contributed by atoms with Crippen molar-refractivity contribution in [3.63, 3.8) is 0 Å². The van der Waals surface area contributed by atoms with E-state index in [0.717, 1.165) is 48.7 Å². The summed E-state index contributed by atoms with van der Waals surface area (Å²) < 4.78 is 37.8. The van der Waals surface area contributed by atoms with Gasteiger partial charge in [0.25, 0.3) is 5.94 Å². The number of fused-ring (bicyclic) bond motifs is 1. The summed E-state index contributed by atoms with van der Waals surface area (Å²) in [4.78, 5) is 11.8. The molecule has 2 atom stereocenters. The Morgan fingerprint density at radius 2 is 2.06 bits per heavy atom. The van der Waals surface area contributed by atoms with Crippen LogP contribution in [-0.4, -0.2) is 40.2 Å². The quantitative estimate of drug-likeness (QED) is 0.521. The van der Waals surface area contributed by atoms with Gasteiger partial charge in [-0.3, -0.25) is 0 Å². The predicted octanol–water partition coefficient (Wildman–Crippen LogP) is 4.21. The molecule has 0 saturated carbocycles. The van der Waals surface area contributed by atoms with Gasteiger partial charge in [-0.2, -0.15) is 0 Å². The third-order valence-electron chi connectivity index (χ3n) is 5.88. The van der Waals surface area contributed by atoms with Crippen LogP contribution in [-0.2, 0) is 17.6 Å². The minimum absolute atomic E-state index is 0.175. The smallest absolute Gasteiger partial charge is 0.250 e. The fraction of sp³-hybridized carbons (Fsp3) is 0.333. The summed E-state index contributed by atoms with van der Waals surface area (Å²) in [6.07, 6.45) is 3.63. The maximum absolute atomic E-state index is 14.7. The highest BCUT2D eigenvalue weighted by Crippen LogP contribution is 2.36. The summed E-state index contributed by atoms with van der Waals surface area (Å²) in [5.74, 6) is 1.66. The van der Waals surface area contributed by atoms with Crippen LogP contribution in [0.5, 0.6) is 11.5 Å². The second-order valence-electron chi connectivity index (χ2n) is 8.03. The maximum Gasteiger partial charge on any atom is 0.250 e. The van der Waals surface area contributed by atoms with E-state index in [9.17, 15) is 8.94 Å². The Kier molecular flexibility index (Phi) is 5.89. The van der Waals surface area contributed by atoms with Gasteiger partial charge < -0.3 is 18.9 Å². The zero-order valence-electron chi connectivity index (χ0n) is 17.8. The molecule has 2 aliphatic heterocycles. The molecule has 166 valence electrons. The first-order chi connectivity index (χ1) is 15.6. The largest absolute Gasteiger partial charge is 0.609 e. The van der Waals surface area contributed by atoms with Crippen molar-refractivity contribution in [1.82, 2.24) is 9.97 Å². The van der Waals surface area contributed by atoms with Crippen LogP contribution in [0.1, 0.15) is 19.0 Å². The summed E-state index contributed by atoms with van der Waals surface area (Å²) in [5.41, 5.74) is 2.56. The van der Waals surface area contributed by atoms with Gasteiger partial charge in [0.1, 0.15) is 0 Å². The average molecular weight is 454 g/mol. The van der Waals surface area contributed by atoms with Crippen LogP contribution in [0.15, 0.2) is 53.6 Å². The third kappa shape index (κ3) is 4.25. The second kappa shape index (κ2) is 8.96. The first-order valence-electron chi connectivity index (χ1n) is 10.8. The lowest BCUT2D eigenvalue weighted by atomic mass is 10.0. The van der Waals surface area contributed by atoms with E-state index in [4.69, 9.17) is 9.47 Å². The zero-order valence-corrected chi connectivity index (χ0v) is 18.6.